The molecule has 0 nitrogen and oxygen atoms in total. The van der Waals surface area contributed by atoms with E-state index >= 15 is 0 Å². The van der Waals surface area contributed by atoms with Gasteiger partial charge in [0.25, 0.3) is 0 Å². The molecule has 0 aromatic heterocycles. The van der Waals surface area contributed by atoms with Crippen LogP contribution in [0.2, 0.25) is 0 Å². The minimum absolute atomic E-state index is 0. The van der Waals surface area contributed by atoms with Gasteiger partial charge in [0.05, 0.1) is 0 Å². The van der Waals surface area contributed by atoms with E-state index in [4.69, 9.17) is 25.3 Å². The summed E-state index contributed by atoms with van der Waals surface area (Å²) < 4.78 is -0.132. The molecule has 51 heavy (non-hydrogen) atoms. The molecule has 4 aliphatic carbocycles. The molecule has 0 amide bonds. The summed E-state index contributed by atoms with van der Waals surface area (Å²) in [4.78, 5) is 0. The Morgan fingerprint density at radius 1 is 0.333 bits per heavy atom. The normalized spacial score (nSPS) is 20.7. The molecule has 0 N–H and O–H groups in total. The molecule has 6 aromatic rings. The summed E-state index contributed by atoms with van der Waals surface area (Å²) in [5.41, 5.74) is 0. The average molecular weight is 918 g/mol. The van der Waals surface area contributed by atoms with Gasteiger partial charge in [-0.2, -0.15) is 0 Å². The van der Waals surface area contributed by atoms with Gasteiger partial charge in [0, 0.05) is 0 Å². The Bertz CT molecular complexity index is 1540. The third-order valence-electron chi connectivity index (χ3n) is 10.4. The van der Waals surface area contributed by atoms with Crippen LogP contribution < -0.4 is 31.8 Å². The minimum Gasteiger partial charge on any atom is -0.811 e. The summed E-state index contributed by atoms with van der Waals surface area (Å²) in [5.74, 6) is 3.45. The average Bonchev–Trinajstić information content (AvgIpc) is 3.17. The number of benzene rings is 6. The first kappa shape index (κ1) is 38.3. The molecule has 6 aromatic carbocycles. The summed E-state index contributed by atoms with van der Waals surface area (Å²) in [6.45, 7) is 0. The van der Waals surface area contributed by atoms with Gasteiger partial charge in [-0.05, 0) is 65.9 Å². The van der Waals surface area contributed by atoms with E-state index in [2.05, 4.69) is 182 Å². The van der Waals surface area contributed by atoms with Gasteiger partial charge in [-0.3, -0.25) is 4.08 Å². The van der Waals surface area contributed by atoms with Gasteiger partial charge in [-0.15, -0.1) is 0 Å². The zero-order valence-electron chi connectivity index (χ0n) is 28.7. The first-order valence-corrected chi connectivity index (χ1v) is 21.4. The molecule has 0 radical (unpaired) electrons. The zero-order valence-corrected chi connectivity index (χ0v) is 34.4. The molecule has 4 fully saturated rings. The smallest absolute Gasteiger partial charge is 0.811 e. The number of hydrogen-bond donors (Lipinski definition) is 0. The second kappa shape index (κ2) is 18.6. The Labute approximate surface area is 333 Å². The fourth-order valence-corrected chi connectivity index (χ4v) is 13.6. The first-order chi connectivity index (χ1) is 24.6. The topological polar surface area (TPSA) is 0 Å². The third-order valence-corrected chi connectivity index (χ3v) is 16.6. The van der Waals surface area contributed by atoms with Crippen molar-refractivity contribution in [2.75, 3.05) is 0 Å². The van der Waals surface area contributed by atoms with Crippen molar-refractivity contribution in [3.8, 4) is 0 Å². The van der Waals surface area contributed by atoms with Gasteiger partial charge >= 0.3 is 21.1 Å². The summed E-state index contributed by atoms with van der Waals surface area (Å²) in [7, 11) is -0.892. The van der Waals surface area contributed by atoms with Gasteiger partial charge in [0.1, 0.15) is 0 Å². The molecule has 0 saturated heterocycles. The van der Waals surface area contributed by atoms with Crippen LogP contribution in [0.3, 0.4) is 0 Å². The van der Waals surface area contributed by atoms with Crippen molar-refractivity contribution in [2.45, 2.75) is 36.2 Å². The molecule has 0 heterocycles. The van der Waals surface area contributed by atoms with Crippen LogP contribution in [0, 0.1) is 23.7 Å². The quantitative estimate of drug-likeness (QED) is 0.121. The van der Waals surface area contributed by atoms with E-state index in [-0.39, 0.29) is 25.1 Å². The van der Waals surface area contributed by atoms with Crippen molar-refractivity contribution in [3.05, 3.63) is 182 Å². The number of hydrogen-bond acceptors (Lipinski definition) is 2. The van der Waals surface area contributed by atoms with E-state index in [1.807, 2.05) is 0 Å². The van der Waals surface area contributed by atoms with Crippen LogP contribution in [0.5, 0.6) is 0 Å². The van der Waals surface area contributed by atoms with E-state index in [1.54, 1.807) is 0 Å². The first-order valence-electron chi connectivity index (χ1n) is 17.9. The maximum absolute atomic E-state index is 5.58. The van der Waals surface area contributed by atoms with Crippen molar-refractivity contribution in [1.82, 2.24) is 0 Å². The Kier molecular flexibility index (Phi) is 13.9. The molecule has 10 rings (SSSR count). The Morgan fingerprint density at radius 3 is 0.725 bits per heavy atom. The summed E-state index contributed by atoms with van der Waals surface area (Å²) in [6, 6.07) is 64.7. The van der Waals surface area contributed by atoms with E-state index < -0.39 is 15.8 Å². The fourth-order valence-electron chi connectivity index (χ4n) is 8.20. The molecule has 0 atom stereocenters. The molecule has 4 bridgehead atoms. The number of rotatable bonds is 6. The zero-order chi connectivity index (χ0) is 34.2. The third kappa shape index (κ3) is 9.57. The van der Waals surface area contributed by atoms with Crippen LogP contribution in [0.4, 0.5) is 0 Å². The summed E-state index contributed by atoms with van der Waals surface area (Å²) in [6.07, 6.45) is 6.94. The Hall–Kier alpha value is -2.43. The van der Waals surface area contributed by atoms with Crippen LogP contribution in [-0.2, 0) is 46.3 Å². The van der Waals surface area contributed by atoms with Crippen LogP contribution in [-0.4, -0.2) is 4.08 Å². The molecule has 260 valence electrons. The Balaban J connectivity index is 0.000000134. The van der Waals surface area contributed by atoms with Crippen LogP contribution >= 0.6 is 15.8 Å². The van der Waals surface area contributed by atoms with Crippen molar-refractivity contribution in [1.29, 1.82) is 0 Å². The molecule has 5 heteroatoms. The van der Waals surface area contributed by atoms with Crippen molar-refractivity contribution in [2.24, 2.45) is 23.7 Å². The maximum atomic E-state index is 5.58. The Morgan fingerprint density at radius 2 is 0.529 bits per heavy atom. The van der Waals surface area contributed by atoms with Crippen molar-refractivity contribution >= 4 is 72.9 Å². The van der Waals surface area contributed by atoms with E-state index in [0.717, 1.165) is 23.7 Å². The van der Waals surface area contributed by atoms with Gasteiger partial charge < -0.3 is 25.3 Å². The fraction of sp³-hybridized carbons (Fsp3) is 0.217. The SMILES string of the molecule is [Pt+2].[S-]C1([S-])C2CC3CC(C2)CC1C3.c1ccc(P(c2ccccc2)c2ccccc2)cc1.c1ccc(P(c2ccccc2)c2ccccc2)cc1. The van der Waals surface area contributed by atoms with Gasteiger partial charge in [-0.25, -0.2) is 0 Å². The predicted octanol–water partition coefficient (Wildman–Crippen LogP) is 9.12. The van der Waals surface area contributed by atoms with Crippen LogP contribution in [0.15, 0.2) is 182 Å². The summed E-state index contributed by atoms with van der Waals surface area (Å²) in [5, 5.41) is 8.39. The van der Waals surface area contributed by atoms with Crippen LogP contribution in [0.1, 0.15) is 32.1 Å². The van der Waals surface area contributed by atoms with E-state index in [9.17, 15) is 0 Å². The monoisotopic (exact) mass is 917 g/mol. The molecule has 0 aliphatic heterocycles. The molecule has 4 saturated carbocycles. The molecule has 0 unspecified atom stereocenters. The second-order valence-electron chi connectivity index (χ2n) is 13.7. The standard InChI is InChI=1S/2C18H15P.C10H16S2.Pt/c2*1-4-10-16(11-5-1)19(17-12-6-2-7-13-17)18-14-8-3-9-15-18;11-10(12)8-2-6-1-7(4-8)5-9(10)3-6;/h2*1-15H;6-9,11-12H,1-5H2;/q;;;+2/p-2. The largest absolute Gasteiger partial charge is 2.00 e. The van der Waals surface area contributed by atoms with Crippen LogP contribution in [0.25, 0.3) is 0 Å². The van der Waals surface area contributed by atoms with Gasteiger partial charge in [0.15, 0.2) is 0 Å². The molecular weight excluding hydrogens is 874 g/mol. The van der Waals surface area contributed by atoms with Crippen molar-refractivity contribution < 1.29 is 21.1 Å². The molecule has 0 spiro atoms. The van der Waals surface area contributed by atoms with E-state index in [0.29, 0.717) is 0 Å². The molecular formula is C46H44P2PtS2. The van der Waals surface area contributed by atoms with E-state index in [1.165, 1.54) is 63.9 Å². The van der Waals surface area contributed by atoms with Gasteiger partial charge in [0.2, 0.25) is 0 Å². The predicted molar refractivity (Wildman–Crippen MR) is 225 cm³/mol. The van der Waals surface area contributed by atoms with Crippen molar-refractivity contribution in [3.63, 3.8) is 0 Å². The summed E-state index contributed by atoms with van der Waals surface area (Å²) >= 11 is 11.2. The second-order valence-corrected chi connectivity index (χ2v) is 19.8. The van der Waals surface area contributed by atoms with Gasteiger partial charge in [-0.1, -0.05) is 220 Å². The maximum Gasteiger partial charge on any atom is 2.00 e. The minimum atomic E-state index is -0.446. The molecule has 4 aliphatic rings.